The summed E-state index contributed by atoms with van der Waals surface area (Å²) in [4.78, 5) is 17.7. The molecule has 1 fully saturated rings. The van der Waals surface area contributed by atoms with Crippen molar-refractivity contribution in [1.29, 1.82) is 0 Å². The quantitative estimate of drug-likeness (QED) is 0.875. The van der Waals surface area contributed by atoms with Crippen molar-refractivity contribution >= 4 is 23.8 Å². The van der Waals surface area contributed by atoms with Gasteiger partial charge in [-0.25, -0.2) is 4.79 Å². The van der Waals surface area contributed by atoms with Crippen molar-refractivity contribution in [2.75, 3.05) is 18.0 Å². The average Bonchev–Trinajstić information content (AvgIpc) is 3.17. The van der Waals surface area contributed by atoms with E-state index in [0.29, 0.717) is 17.0 Å². The van der Waals surface area contributed by atoms with Crippen molar-refractivity contribution in [3.05, 3.63) is 47.2 Å². The molecule has 114 valence electrons. The van der Waals surface area contributed by atoms with Gasteiger partial charge in [-0.3, -0.25) is 4.99 Å². The Labute approximate surface area is 128 Å². The minimum atomic E-state index is -0.941. The van der Waals surface area contributed by atoms with Crippen LogP contribution in [0, 0.1) is 6.92 Å². The van der Waals surface area contributed by atoms with Gasteiger partial charge in [0.2, 0.25) is 0 Å². The molecule has 1 aliphatic rings. The largest absolute Gasteiger partial charge is 0.478 e. The second-order valence-electron chi connectivity index (χ2n) is 5.38. The van der Waals surface area contributed by atoms with Gasteiger partial charge in [0.15, 0.2) is 5.88 Å². The number of benzene rings is 1. The van der Waals surface area contributed by atoms with Crippen LogP contribution in [0.15, 0.2) is 39.7 Å². The fraction of sp³-hybridized carbons (Fsp3) is 0.294. The topological polar surface area (TPSA) is 66.0 Å². The lowest BCUT2D eigenvalue weighted by molar-refractivity contribution is 0.0696. The predicted octanol–water partition coefficient (Wildman–Crippen LogP) is 3.64. The van der Waals surface area contributed by atoms with Crippen LogP contribution in [0.5, 0.6) is 0 Å². The fourth-order valence-corrected chi connectivity index (χ4v) is 2.65. The van der Waals surface area contributed by atoms with E-state index in [-0.39, 0.29) is 5.56 Å². The molecule has 0 spiro atoms. The van der Waals surface area contributed by atoms with Gasteiger partial charge >= 0.3 is 5.97 Å². The molecule has 0 bridgehead atoms. The van der Waals surface area contributed by atoms with E-state index in [4.69, 9.17) is 9.52 Å². The summed E-state index contributed by atoms with van der Waals surface area (Å²) >= 11 is 0. The Bertz CT molecular complexity index is 712. The molecule has 0 amide bonds. The highest BCUT2D eigenvalue weighted by atomic mass is 16.4. The van der Waals surface area contributed by atoms with Crippen LogP contribution in [-0.2, 0) is 0 Å². The number of aliphatic imine (C=N–C) groups is 1. The summed E-state index contributed by atoms with van der Waals surface area (Å²) in [6, 6.07) is 8.90. The second-order valence-corrected chi connectivity index (χ2v) is 5.38. The number of aromatic carboxylic acids is 1. The molecule has 0 atom stereocenters. The van der Waals surface area contributed by atoms with Gasteiger partial charge in [0.05, 0.1) is 17.5 Å². The smallest absolute Gasteiger partial charge is 0.336 e. The number of furan rings is 1. The molecule has 2 heterocycles. The zero-order valence-corrected chi connectivity index (χ0v) is 12.5. The van der Waals surface area contributed by atoms with Gasteiger partial charge < -0.3 is 14.4 Å². The fourth-order valence-electron chi connectivity index (χ4n) is 2.65. The number of anilines is 1. The lowest BCUT2D eigenvalue weighted by Gasteiger charge is -2.12. The van der Waals surface area contributed by atoms with Crippen molar-refractivity contribution in [2.24, 2.45) is 4.99 Å². The lowest BCUT2D eigenvalue weighted by Crippen LogP contribution is -2.16. The number of nitrogens with zero attached hydrogens (tertiary/aromatic N) is 2. The first-order chi connectivity index (χ1) is 10.6. The highest BCUT2D eigenvalue weighted by Gasteiger charge is 2.15. The molecular weight excluding hydrogens is 280 g/mol. The van der Waals surface area contributed by atoms with E-state index in [2.05, 4.69) is 9.89 Å². The lowest BCUT2D eigenvalue weighted by atomic mass is 10.1. The Morgan fingerprint density at radius 1 is 1.27 bits per heavy atom. The van der Waals surface area contributed by atoms with Gasteiger partial charge in [0, 0.05) is 19.2 Å². The highest BCUT2D eigenvalue weighted by Crippen LogP contribution is 2.24. The van der Waals surface area contributed by atoms with E-state index < -0.39 is 5.97 Å². The van der Waals surface area contributed by atoms with Gasteiger partial charge in [0.1, 0.15) is 5.76 Å². The molecule has 2 aromatic rings. The number of carbonyl (C=O) groups is 1. The summed E-state index contributed by atoms with van der Waals surface area (Å²) < 4.78 is 5.77. The zero-order chi connectivity index (χ0) is 15.5. The monoisotopic (exact) mass is 298 g/mol. The number of carboxylic acids is 1. The Hall–Kier alpha value is -2.56. The standard InChI is InChI=1S/C17H18N2O3/c1-12-14(17(20)21)5-4-6-15(12)18-11-13-7-8-16(22-13)19-9-2-3-10-19/h4-8,11H,2-3,9-10H2,1H3,(H,20,21). The van der Waals surface area contributed by atoms with Crippen LogP contribution >= 0.6 is 0 Å². The Morgan fingerprint density at radius 3 is 2.77 bits per heavy atom. The van der Waals surface area contributed by atoms with Gasteiger partial charge in [0.25, 0.3) is 0 Å². The van der Waals surface area contributed by atoms with Crippen LogP contribution in [0.4, 0.5) is 11.6 Å². The zero-order valence-electron chi connectivity index (χ0n) is 12.5. The van der Waals surface area contributed by atoms with E-state index in [0.717, 1.165) is 19.0 Å². The molecule has 1 saturated heterocycles. The molecule has 0 radical (unpaired) electrons. The molecule has 0 unspecified atom stereocenters. The van der Waals surface area contributed by atoms with Gasteiger partial charge in [-0.05, 0) is 43.5 Å². The van der Waals surface area contributed by atoms with Crippen molar-refractivity contribution < 1.29 is 14.3 Å². The third-order valence-electron chi connectivity index (χ3n) is 3.90. The van der Waals surface area contributed by atoms with E-state index in [9.17, 15) is 4.79 Å². The summed E-state index contributed by atoms with van der Waals surface area (Å²) in [6.07, 6.45) is 4.03. The Balaban J connectivity index is 1.79. The predicted molar refractivity (Wildman–Crippen MR) is 85.5 cm³/mol. The second kappa shape index (κ2) is 6.05. The van der Waals surface area contributed by atoms with Gasteiger partial charge in [-0.15, -0.1) is 0 Å². The molecule has 1 aliphatic heterocycles. The first kappa shape index (κ1) is 14.4. The number of carboxylic acid groups (broad SMARTS) is 1. The molecule has 0 saturated carbocycles. The van der Waals surface area contributed by atoms with E-state index in [1.807, 2.05) is 12.1 Å². The maximum Gasteiger partial charge on any atom is 0.336 e. The van der Waals surface area contributed by atoms with Crippen LogP contribution in [0.3, 0.4) is 0 Å². The van der Waals surface area contributed by atoms with Crippen LogP contribution in [0.1, 0.15) is 34.5 Å². The average molecular weight is 298 g/mol. The Kier molecular flexibility index (Phi) is 3.96. The maximum atomic E-state index is 11.1. The summed E-state index contributed by atoms with van der Waals surface area (Å²) in [5, 5.41) is 9.12. The minimum Gasteiger partial charge on any atom is -0.478 e. The van der Waals surface area contributed by atoms with E-state index in [1.165, 1.54) is 12.8 Å². The molecule has 5 nitrogen and oxygen atoms in total. The summed E-state index contributed by atoms with van der Waals surface area (Å²) in [5.74, 6) is 0.598. The first-order valence-electron chi connectivity index (χ1n) is 7.37. The summed E-state index contributed by atoms with van der Waals surface area (Å²) in [5.41, 5.74) is 1.56. The molecule has 0 aliphatic carbocycles. The maximum absolute atomic E-state index is 11.1. The number of hydrogen-bond acceptors (Lipinski definition) is 4. The van der Waals surface area contributed by atoms with Gasteiger partial charge in [-0.2, -0.15) is 0 Å². The van der Waals surface area contributed by atoms with E-state index >= 15 is 0 Å². The van der Waals surface area contributed by atoms with Crippen molar-refractivity contribution in [1.82, 2.24) is 0 Å². The van der Waals surface area contributed by atoms with Crippen LogP contribution < -0.4 is 4.90 Å². The molecular formula is C17H18N2O3. The molecule has 1 aromatic heterocycles. The Morgan fingerprint density at radius 2 is 2.05 bits per heavy atom. The molecule has 1 aromatic carbocycles. The van der Waals surface area contributed by atoms with Crippen molar-refractivity contribution in [3.8, 4) is 0 Å². The van der Waals surface area contributed by atoms with Crippen LogP contribution in [0.2, 0.25) is 0 Å². The molecule has 22 heavy (non-hydrogen) atoms. The first-order valence-corrected chi connectivity index (χ1v) is 7.37. The van der Waals surface area contributed by atoms with Crippen LogP contribution in [0.25, 0.3) is 0 Å². The van der Waals surface area contributed by atoms with Gasteiger partial charge in [-0.1, -0.05) is 6.07 Å². The summed E-state index contributed by atoms with van der Waals surface area (Å²) in [7, 11) is 0. The minimum absolute atomic E-state index is 0.270. The molecule has 1 N–H and O–H groups in total. The molecule has 3 rings (SSSR count). The number of rotatable bonds is 4. The highest BCUT2D eigenvalue weighted by molar-refractivity contribution is 5.91. The normalized spacial score (nSPS) is 14.9. The van der Waals surface area contributed by atoms with Crippen LogP contribution in [-0.4, -0.2) is 30.4 Å². The summed E-state index contributed by atoms with van der Waals surface area (Å²) in [6.45, 7) is 3.82. The SMILES string of the molecule is Cc1c(N=Cc2ccc(N3CCCC3)o2)cccc1C(=O)O. The van der Waals surface area contributed by atoms with E-state index in [1.54, 1.807) is 31.3 Å². The number of hydrogen-bond donors (Lipinski definition) is 1. The molecule has 5 heteroatoms. The third-order valence-corrected chi connectivity index (χ3v) is 3.90. The van der Waals surface area contributed by atoms with Crippen molar-refractivity contribution in [3.63, 3.8) is 0 Å². The van der Waals surface area contributed by atoms with Crippen molar-refractivity contribution in [2.45, 2.75) is 19.8 Å². The third kappa shape index (κ3) is 2.88.